The van der Waals surface area contributed by atoms with Gasteiger partial charge in [-0.25, -0.2) is 0 Å². The van der Waals surface area contributed by atoms with Crippen LogP contribution in [0.4, 0.5) is 10.5 Å². The number of hydrogen-bond donors (Lipinski definition) is 0. The van der Waals surface area contributed by atoms with Crippen LogP contribution in [-0.4, -0.2) is 64.6 Å². The molecule has 0 unspecified atom stereocenters. The second-order valence-corrected chi connectivity index (χ2v) is 6.57. The number of imide groups is 1. The molecule has 136 valence electrons. The number of morpholine rings is 1. The van der Waals surface area contributed by atoms with Gasteiger partial charge in [-0.1, -0.05) is 12.1 Å². The quantitative estimate of drug-likeness (QED) is 0.444. The Morgan fingerprint density at radius 1 is 1.27 bits per heavy atom. The zero-order valence-electron chi connectivity index (χ0n) is 13.6. The number of benzene rings is 1. The molecule has 2 aliphatic heterocycles. The summed E-state index contributed by atoms with van der Waals surface area (Å²) in [6, 6.07) is 5.93. The fourth-order valence-electron chi connectivity index (χ4n) is 2.60. The van der Waals surface area contributed by atoms with Gasteiger partial charge in [0, 0.05) is 19.2 Å². The van der Waals surface area contributed by atoms with Crippen molar-refractivity contribution in [3.8, 4) is 0 Å². The van der Waals surface area contributed by atoms with E-state index in [1.165, 1.54) is 24.3 Å². The van der Waals surface area contributed by atoms with E-state index in [1.54, 1.807) is 11.0 Å². The van der Waals surface area contributed by atoms with Crippen molar-refractivity contribution >= 4 is 40.6 Å². The van der Waals surface area contributed by atoms with Crippen molar-refractivity contribution < 1.29 is 24.0 Å². The maximum absolute atomic E-state index is 12.5. The van der Waals surface area contributed by atoms with Crippen LogP contribution in [0, 0.1) is 10.1 Å². The number of hydrogen-bond acceptors (Lipinski definition) is 7. The molecule has 9 nitrogen and oxygen atoms in total. The summed E-state index contributed by atoms with van der Waals surface area (Å²) in [6.07, 6.45) is 1.31. The molecule has 2 heterocycles. The number of ether oxygens (including phenoxy) is 1. The molecule has 0 bridgehead atoms. The third-order valence-corrected chi connectivity index (χ3v) is 4.86. The minimum absolute atomic E-state index is 0.0547. The van der Waals surface area contributed by atoms with Crippen LogP contribution in [0.15, 0.2) is 29.2 Å². The summed E-state index contributed by atoms with van der Waals surface area (Å²) in [5.74, 6) is -0.956. The number of nitrogens with zero attached hydrogens (tertiary/aromatic N) is 3. The van der Waals surface area contributed by atoms with E-state index in [9.17, 15) is 24.5 Å². The molecule has 2 aliphatic rings. The molecule has 1 aromatic rings. The lowest BCUT2D eigenvalue weighted by Crippen LogP contribution is -2.46. The van der Waals surface area contributed by atoms with E-state index in [0.29, 0.717) is 38.1 Å². The molecule has 2 fully saturated rings. The van der Waals surface area contributed by atoms with Crippen molar-refractivity contribution in [3.05, 3.63) is 44.8 Å². The Labute approximate surface area is 152 Å². The first-order valence-electron chi connectivity index (χ1n) is 7.81. The molecule has 3 rings (SSSR count). The number of carbonyl (C=O) groups excluding carboxylic acids is 3. The lowest BCUT2D eigenvalue weighted by molar-refractivity contribution is -0.385. The van der Waals surface area contributed by atoms with E-state index in [1.807, 2.05) is 0 Å². The minimum atomic E-state index is -0.625. The summed E-state index contributed by atoms with van der Waals surface area (Å²) in [4.78, 5) is 49.8. The van der Waals surface area contributed by atoms with Gasteiger partial charge >= 0.3 is 0 Å². The molecule has 0 aromatic heterocycles. The van der Waals surface area contributed by atoms with E-state index in [-0.39, 0.29) is 28.6 Å². The highest BCUT2D eigenvalue weighted by molar-refractivity contribution is 8.18. The van der Waals surface area contributed by atoms with Crippen LogP contribution in [0.5, 0.6) is 0 Å². The van der Waals surface area contributed by atoms with Crippen LogP contribution in [0.2, 0.25) is 0 Å². The molecular formula is C16H15N3O6S. The third-order valence-electron chi connectivity index (χ3n) is 3.95. The molecule has 10 heteroatoms. The zero-order chi connectivity index (χ0) is 18.7. The van der Waals surface area contributed by atoms with Crippen molar-refractivity contribution in [1.82, 2.24) is 9.80 Å². The fourth-order valence-corrected chi connectivity index (χ4v) is 3.43. The number of rotatable bonds is 4. The molecule has 0 radical (unpaired) electrons. The Morgan fingerprint density at radius 2 is 1.96 bits per heavy atom. The first-order chi connectivity index (χ1) is 12.5. The summed E-state index contributed by atoms with van der Waals surface area (Å²) < 4.78 is 5.17. The highest BCUT2D eigenvalue weighted by Crippen LogP contribution is 2.33. The van der Waals surface area contributed by atoms with E-state index in [2.05, 4.69) is 0 Å². The maximum Gasteiger partial charge on any atom is 0.294 e. The third kappa shape index (κ3) is 3.75. The Balaban J connectivity index is 1.76. The Morgan fingerprint density at radius 3 is 2.65 bits per heavy atom. The van der Waals surface area contributed by atoms with Crippen LogP contribution in [0.25, 0.3) is 6.08 Å². The second-order valence-electron chi connectivity index (χ2n) is 5.58. The molecule has 26 heavy (non-hydrogen) atoms. The number of amides is 3. The number of nitro benzene ring substituents is 1. The summed E-state index contributed by atoms with van der Waals surface area (Å²) in [7, 11) is 0. The summed E-state index contributed by atoms with van der Waals surface area (Å²) in [6.45, 7) is 1.33. The van der Waals surface area contributed by atoms with Crippen molar-refractivity contribution in [2.45, 2.75) is 0 Å². The van der Waals surface area contributed by atoms with Crippen LogP contribution >= 0.6 is 11.8 Å². The second kappa shape index (κ2) is 7.67. The van der Waals surface area contributed by atoms with Gasteiger partial charge in [0.2, 0.25) is 5.91 Å². The largest absolute Gasteiger partial charge is 0.378 e. The first kappa shape index (κ1) is 18.1. The molecular weight excluding hydrogens is 362 g/mol. The number of thioether (sulfide) groups is 1. The number of carbonyl (C=O) groups is 3. The smallest absolute Gasteiger partial charge is 0.294 e. The van der Waals surface area contributed by atoms with Crippen molar-refractivity contribution in [2.24, 2.45) is 0 Å². The van der Waals surface area contributed by atoms with Crippen molar-refractivity contribution in [3.63, 3.8) is 0 Å². The van der Waals surface area contributed by atoms with Gasteiger partial charge in [0.25, 0.3) is 16.8 Å². The molecule has 0 aliphatic carbocycles. The summed E-state index contributed by atoms with van der Waals surface area (Å²) >= 11 is 0.666. The van der Waals surface area contributed by atoms with E-state index in [0.717, 1.165) is 4.90 Å². The average molecular weight is 377 g/mol. The topological polar surface area (TPSA) is 110 Å². The molecule has 1 aromatic carbocycles. The number of nitro groups is 1. The molecule has 0 N–H and O–H groups in total. The van der Waals surface area contributed by atoms with Crippen LogP contribution < -0.4 is 0 Å². The van der Waals surface area contributed by atoms with Gasteiger partial charge in [0.15, 0.2) is 0 Å². The lowest BCUT2D eigenvalue weighted by Gasteiger charge is -2.28. The van der Waals surface area contributed by atoms with Gasteiger partial charge in [-0.05, 0) is 23.9 Å². The van der Waals surface area contributed by atoms with E-state index in [4.69, 9.17) is 4.74 Å². The molecule has 0 atom stereocenters. The molecule has 3 amide bonds. The first-order valence-corrected chi connectivity index (χ1v) is 8.63. The average Bonchev–Trinajstić information content (AvgIpc) is 2.90. The Kier molecular flexibility index (Phi) is 5.33. The molecule has 0 spiro atoms. The minimum Gasteiger partial charge on any atom is -0.378 e. The Bertz CT molecular complexity index is 803. The van der Waals surface area contributed by atoms with Gasteiger partial charge in [-0.15, -0.1) is 0 Å². The number of para-hydroxylation sites is 1. The summed E-state index contributed by atoms with van der Waals surface area (Å²) in [5, 5.41) is 10.5. The van der Waals surface area contributed by atoms with Gasteiger partial charge in [0.05, 0.1) is 28.6 Å². The van der Waals surface area contributed by atoms with E-state index >= 15 is 0 Å². The SMILES string of the molecule is O=C(CN1C(=O)S/C(=C\c2ccccc2[N+](=O)[O-])C1=O)N1CCOCC1. The standard InChI is InChI=1S/C16H15N3O6S/c20-14(17-5-7-25-8-6-17)10-18-15(21)13(26-16(18)22)9-11-3-1-2-4-12(11)19(23)24/h1-4,9H,5-8,10H2/b13-9-. The fraction of sp³-hybridized carbons (Fsp3) is 0.312. The van der Waals surface area contributed by atoms with Crippen LogP contribution in [0.1, 0.15) is 5.56 Å². The molecule has 0 saturated carbocycles. The highest BCUT2D eigenvalue weighted by Gasteiger charge is 2.37. The van der Waals surface area contributed by atoms with Crippen LogP contribution in [-0.2, 0) is 14.3 Å². The summed E-state index contributed by atoms with van der Waals surface area (Å²) in [5.41, 5.74) is 0.0613. The monoisotopic (exact) mass is 377 g/mol. The normalized spacial score (nSPS) is 19.3. The Hall–Kier alpha value is -2.72. The maximum atomic E-state index is 12.5. The van der Waals surface area contributed by atoms with Crippen molar-refractivity contribution in [1.29, 1.82) is 0 Å². The lowest BCUT2D eigenvalue weighted by atomic mass is 10.1. The van der Waals surface area contributed by atoms with Gasteiger partial charge in [-0.2, -0.15) is 0 Å². The van der Waals surface area contributed by atoms with Gasteiger partial charge < -0.3 is 9.64 Å². The highest BCUT2D eigenvalue weighted by atomic mass is 32.2. The van der Waals surface area contributed by atoms with E-state index < -0.39 is 16.1 Å². The molecule has 2 saturated heterocycles. The van der Waals surface area contributed by atoms with Crippen LogP contribution in [0.3, 0.4) is 0 Å². The van der Waals surface area contributed by atoms with Gasteiger partial charge in [-0.3, -0.25) is 29.4 Å². The van der Waals surface area contributed by atoms with Gasteiger partial charge in [0.1, 0.15) is 6.54 Å². The predicted molar refractivity (Wildman–Crippen MR) is 93.2 cm³/mol. The van der Waals surface area contributed by atoms with Crippen molar-refractivity contribution in [2.75, 3.05) is 32.8 Å². The predicted octanol–water partition coefficient (Wildman–Crippen LogP) is 1.49. The zero-order valence-corrected chi connectivity index (χ0v) is 14.4.